The van der Waals surface area contributed by atoms with E-state index in [0.717, 1.165) is 0 Å². The molecule has 0 saturated heterocycles. The van der Waals surface area contributed by atoms with Crippen LogP contribution in [0.3, 0.4) is 0 Å². The van der Waals surface area contributed by atoms with E-state index in [1.807, 2.05) is 20.8 Å². The van der Waals surface area contributed by atoms with Gasteiger partial charge in [-0.25, -0.2) is 18.7 Å². The van der Waals surface area contributed by atoms with Crippen molar-refractivity contribution in [2.24, 2.45) is 0 Å². The molecule has 16 heavy (non-hydrogen) atoms. The fourth-order valence-electron chi connectivity index (χ4n) is 1.41. The van der Waals surface area contributed by atoms with Gasteiger partial charge in [0.1, 0.15) is 23.2 Å². The van der Waals surface area contributed by atoms with Crippen molar-refractivity contribution in [2.75, 3.05) is 0 Å². The number of nitrogens with zero attached hydrogens (tertiary/aromatic N) is 3. The number of aromatic nitrogens is 2. The van der Waals surface area contributed by atoms with E-state index in [0.29, 0.717) is 5.69 Å². The van der Waals surface area contributed by atoms with E-state index >= 15 is 0 Å². The number of rotatable bonds is 1. The maximum atomic E-state index is 12.7. The topological polar surface area (TPSA) is 49.6 Å². The highest BCUT2D eigenvalue weighted by Crippen LogP contribution is 2.29. The Bertz CT molecular complexity index is 442. The zero-order valence-electron chi connectivity index (χ0n) is 9.67. The second-order valence-electron chi connectivity index (χ2n) is 4.54. The molecule has 0 aliphatic rings. The Kier molecular flexibility index (Phi) is 3.22. The van der Waals surface area contributed by atoms with Gasteiger partial charge in [-0.05, 0) is 6.92 Å². The van der Waals surface area contributed by atoms with E-state index < -0.39 is 17.5 Å². The summed E-state index contributed by atoms with van der Waals surface area (Å²) in [5.41, 5.74) is -0.659. The van der Waals surface area contributed by atoms with Gasteiger partial charge in [-0.2, -0.15) is 5.26 Å². The molecule has 0 aliphatic heterocycles. The molecule has 0 amide bonds. The number of nitriles is 1. The third-order valence-corrected chi connectivity index (χ3v) is 2.08. The Hall–Kier alpha value is -1.57. The molecular formula is C11H13F2N3. The molecule has 0 fully saturated rings. The van der Waals surface area contributed by atoms with Crippen molar-refractivity contribution in [1.82, 2.24) is 9.97 Å². The quantitative estimate of drug-likeness (QED) is 0.738. The van der Waals surface area contributed by atoms with E-state index in [-0.39, 0.29) is 11.4 Å². The summed E-state index contributed by atoms with van der Waals surface area (Å²) in [5.74, 6) is 0.263. The Balaban J connectivity index is 3.57. The summed E-state index contributed by atoms with van der Waals surface area (Å²) >= 11 is 0. The van der Waals surface area contributed by atoms with Crippen LogP contribution >= 0.6 is 0 Å². The molecule has 5 heteroatoms. The second kappa shape index (κ2) is 4.12. The number of halogens is 2. The molecule has 0 spiro atoms. The summed E-state index contributed by atoms with van der Waals surface area (Å²) in [5, 5.41) is 8.94. The maximum Gasteiger partial charge on any atom is 0.281 e. The summed E-state index contributed by atoms with van der Waals surface area (Å²) in [6, 6.07) is 1.77. The molecule has 0 saturated carbocycles. The maximum absolute atomic E-state index is 12.7. The SMILES string of the molecule is Cc1nc(C(F)F)c(C#N)c(C(C)(C)C)n1. The first-order valence-electron chi connectivity index (χ1n) is 4.84. The van der Waals surface area contributed by atoms with Gasteiger partial charge in [0.2, 0.25) is 0 Å². The van der Waals surface area contributed by atoms with Gasteiger partial charge in [0, 0.05) is 5.41 Å². The molecular weight excluding hydrogens is 212 g/mol. The van der Waals surface area contributed by atoms with Crippen LogP contribution in [0, 0.1) is 18.3 Å². The minimum Gasteiger partial charge on any atom is -0.236 e. The molecule has 1 aromatic rings. The minimum atomic E-state index is -2.75. The molecule has 0 bridgehead atoms. The van der Waals surface area contributed by atoms with Crippen molar-refractivity contribution in [3.8, 4) is 6.07 Å². The lowest BCUT2D eigenvalue weighted by Gasteiger charge is -2.20. The number of aryl methyl sites for hydroxylation is 1. The Morgan fingerprint density at radius 1 is 1.25 bits per heavy atom. The Labute approximate surface area is 93.1 Å². The molecule has 1 heterocycles. The third-order valence-electron chi connectivity index (χ3n) is 2.08. The molecule has 0 unspecified atom stereocenters. The standard InChI is InChI=1S/C11H13F2N3/c1-6-15-8(10(12)13)7(5-14)9(16-6)11(2,3)4/h10H,1-4H3. The van der Waals surface area contributed by atoms with Crippen LogP contribution in [0.15, 0.2) is 0 Å². The van der Waals surface area contributed by atoms with Crippen LogP contribution < -0.4 is 0 Å². The van der Waals surface area contributed by atoms with Gasteiger partial charge >= 0.3 is 0 Å². The Morgan fingerprint density at radius 2 is 1.81 bits per heavy atom. The highest BCUT2D eigenvalue weighted by molar-refractivity contribution is 5.41. The van der Waals surface area contributed by atoms with E-state index in [4.69, 9.17) is 5.26 Å². The van der Waals surface area contributed by atoms with Crippen molar-refractivity contribution < 1.29 is 8.78 Å². The highest BCUT2D eigenvalue weighted by atomic mass is 19.3. The molecule has 0 atom stereocenters. The normalized spacial score (nSPS) is 11.6. The third kappa shape index (κ3) is 2.32. The van der Waals surface area contributed by atoms with Crippen LogP contribution in [0.5, 0.6) is 0 Å². The lowest BCUT2D eigenvalue weighted by Crippen LogP contribution is -2.19. The minimum absolute atomic E-state index is 0.104. The van der Waals surface area contributed by atoms with Crippen LogP contribution in [0.2, 0.25) is 0 Å². The summed E-state index contributed by atoms with van der Waals surface area (Å²) in [7, 11) is 0. The first-order chi connectivity index (χ1) is 7.27. The van der Waals surface area contributed by atoms with Crippen molar-refractivity contribution in [2.45, 2.75) is 39.5 Å². The van der Waals surface area contributed by atoms with Gasteiger partial charge in [0.25, 0.3) is 6.43 Å². The molecule has 0 N–H and O–H groups in total. The Morgan fingerprint density at radius 3 is 2.19 bits per heavy atom. The van der Waals surface area contributed by atoms with Crippen molar-refractivity contribution in [3.05, 3.63) is 22.8 Å². The first kappa shape index (κ1) is 12.5. The fraction of sp³-hybridized carbons (Fsp3) is 0.545. The van der Waals surface area contributed by atoms with Crippen molar-refractivity contribution in [1.29, 1.82) is 5.26 Å². The predicted molar refractivity (Wildman–Crippen MR) is 55.1 cm³/mol. The fourth-order valence-corrected chi connectivity index (χ4v) is 1.41. The molecule has 1 aromatic heterocycles. The number of hydrogen-bond acceptors (Lipinski definition) is 3. The van der Waals surface area contributed by atoms with Crippen LogP contribution in [-0.4, -0.2) is 9.97 Å². The van der Waals surface area contributed by atoms with Crippen LogP contribution in [-0.2, 0) is 5.41 Å². The van der Waals surface area contributed by atoms with Gasteiger partial charge in [-0.15, -0.1) is 0 Å². The summed E-state index contributed by atoms with van der Waals surface area (Å²) in [4.78, 5) is 7.73. The summed E-state index contributed by atoms with van der Waals surface area (Å²) in [6.45, 7) is 7.02. The predicted octanol–water partition coefficient (Wildman–Crippen LogP) is 2.89. The van der Waals surface area contributed by atoms with Crippen molar-refractivity contribution >= 4 is 0 Å². The lowest BCUT2D eigenvalue weighted by atomic mass is 9.88. The molecule has 0 aromatic carbocycles. The van der Waals surface area contributed by atoms with Crippen LogP contribution in [0.1, 0.15) is 50.0 Å². The van der Waals surface area contributed by atoms with Crippen molar-refractivity contribution in [3.63, 3.8) is 0 Å². The monoisotopic (exact) mass is 225 g/mol. The largest absolute Gasteiger partial charge is 0.281 e. The molecule has 0 radical (unpaired) electrons. The smallest absolute Gasteiger partial charge is 0.236 e. The van der Waals surface area contributed by atoms with E-state index in [9.17, 15) is 8.78 Å². The highest BCUT2D eigenvalue weighted by Gasteiger charge is 2.26. The van der Waals surface area contributed by atoms with Crippen LogP contribution in [0.4, 0.5) is 8.78 Å². The molecule has 86 valence electrons. The average Bonchev–Trinajstić information content (AvgIpc) is 2.14. The number of alkyl halides is 2. The van der Waals surface area contributed by atoms with E-state index in [1.165, 1.54) is 0 Å². The van der Waals surface area contributed by atoms with Gasteiger partial charge in [0.15, 0.2) is 0 Å². The molecule has 1 rings (SSSR count). The zero-order valence-corrected chi connectivity index (χ0v) is 9.67. The average molecular weight is 225 g/mol. The number of hydrogen-bond donors (Lipinski definition) is 0. The first-order valence-corrected chi connectivity index (χ1v) is 4.84. The van der Waals surface area contributed by atoms with Gasteiger partial charge in [0.05, 0.1) is 5.69 Å². The summed E-state index contributed by atoms with van der Waals surface area (Å²) in [6.07, 6.45) is -2.75. The van der Waals surface area contributed by atoms with Gasteiger partial charge in [-0.1, -0.05) is 20.8 Å². The lowest BCUT2D eigenvalue weighted by molar-refractivity contribution is 0.145. The van der Waals surface area contributed by atoms with E-state index in [2.05, 4.69) is 9.97 Å². The molecule has 0 aliphatic carbocycles. The second-order valence-corrected chi connectivity index (χ2v) is 4.54. The summed E-state index contributed by atoms with van der Waals surface area (Å²) < 4.78 is 25.4. The molecule has 3 nitrogen and oxygen atoms in total. The van der Waals surface area contributed by atoms with E-state index in [1.54, 1.807) is 13.0 Å². The van der Waals surface area contributed by atoms with Gasteiger partial charge < -0.3 is 0 Å². The van der Waals surface area contributed by atoms with Crippen LogP contribution in [0.25, 0.3) is 0 Å². The van der Waals surface area contributed by atoms with Gasteiger partial charge in [-0.3, -0.25) is 0 Å². The zero-order chi connectivity index (χ0) is 12.5.